The highest BCUT2D eigenvalue weighted by molar-refractivity contribution is 5.91. The van der Waals surface area contributed by atoms with Crippen molar-refractivity contribution in [2.75, 3.05) is 5.32 Å². The van der Waals surface area contributed by atoms with Crippen molar-refractivity contribution in [2.45, 2.75) is 0 Å². The molecule has 19 heavy (non-hydrogen) atoms. The molecular formula is C14H11ClN2O2. The fourth-order valence-electron chi connectivity index (χ4n) is 1.99. The molecule has 4 nitrogen and oxygen atoms in total. The van der Waals surface area contributed by atoms with Gasteiger partial charge < -0.3 is 10.4 Å². The van der Waals surface area contributed by atoms with E-state index in [2.05, 4.69) is 10.3 Å². The van der Waals surface area contributed by atoms with E-state index in [-0.39, 0.29) is 18.0 Å². The number of hydrogen-bond acceptors (Lipinski definition) is 3. The molecule has 1 aromatic heterocycles. The van der Waals surface area contributed by atoms with Gasteiger partial charge in [-0.05, 0) is 18.2 Å². The van der Waals surface area contributed by atoms with Crippen LogP contribution in [0.5, 0.6) is 0 Å². The highest BCUT2D eigenvalue weighted by Crippen LogP contribution is 2.32. The van der Waals surface area contributed by atoms with Crippen LogP contribution in [0.15, 0.2) is 42.7 Å². The lowest BCUT2D eigenvalue weighted by molar-refractivity contribution is 0.0696. The first-order valence-electron chi connectivity index (χ1n) is 5.51. The van der Waals surface area contributed by atoms with Crippen LogP contribution in [0, 0.1) is 0 Å². The minimum absolute atomic E-state index is 0. The SMILES string of the molecule is Cl.O=C(O)c1cnc2c(c1)C=CNc1ccccc1-2. The Morgan fingerprint density at radius 1 is 1.26 bits per heavy atom. The van der Waals surface area contributed by atoms with Crippen LogP contribution in [-0.2, 0) is 0 Å². The van der Waals surface area contributed by atoms with Crippen LogP contribution >= 0.6 is 12.4 Å². The molecule has 1 aliphatic rings. The van der Waals surface area contributed by atoms with Gasteiger partial charge in [0.15, 0.2) is 0 Å². The summed E-state index contributed by atoms with van der Waals surface area (Å²) in [5.74, 6) is -0.968. The number of anilines is 1. The lowest BCUT2D eigenvalue weighted by Gasteiger charge is -2.08. The number of nitrogens with one attached hydrogen (secondary N) is 1. The van der Waals surface area contributed by atoms with Gasteiger partial charge in [-0.1, -0.05) is 18.2 Å². The number of carboxylic acids is 1. The van der Waals surface area contributed by atoms with Gasteiger partial charge >= 0.3 is 5.97 Å². The Balaban J connectivity index is 0.00000133. The van der Waals surface area contributed by atoms with Gasteiger partial charge in [-0.15, -0.1) is 12.4 Å². The topological polar surface area (TPSA) is 62.2 Å². The summed E-state index contributed by atoms with van der Waals surface area (Å²) in [6, 6.07) is 9.42. The van der Waals surface area contributed by atoms with Crippen molar-refractivity contribution < 1.29 is 9.90 Å². The van der Waals surface area contributed by atoms with Gasteiger partial charge in [0.2, 0.25) is 0 Å². The molecule has 96 valence electrons. The second-order valence-corrected chi connectivity index (χ2v) is 3.99. The second kappa shape index (κ2) is 5.12. The average Bonchev–Trinajstić information content (AvgIpc) is 2.57. The molecule has 5 heteroatoms. The maximum atomic E-state index is 10.9. The summed E-state index contributed by atoms with van der Waals surface area (Å²) in [5.41, 5.74) is 3.71. The van der Waals surface area contributed by atoms with Crippen LogP contribution in [0.2, 0.25) is 0 Å². The number of aromatic carboxylic acids is 1. The van der Waals surface area contributed by atoms with Gasteiger partial charge in [-0.2, -0.15) is 0 Å². The maximum Gasteiger partial charge on any atom is 0.337 e. The number of halogens is 1. The third kappa shape index (κ3) is 2.30. The van der Waals surface area contributed by atoms with Crippen LogP contribution < -0.4 is 5.32 Å². The van der Waals surface area contributed by atoms with E-state index in [1.165, 1.54) is 6.20 Å². The van der Waals surface area contributed by atoms with E-state index in [9.17, 15) is 4.79 Å². The molecule has 0 unspecified atom stereocenters. The molecule has 1 aliphatic heterocycles. The van der Waals surface area contributed by atoms with Crippen molar-refractivity contribution in [3.63, 3.8) is 0 Å². The Hall–Kier alpha value is -2.33. The van der Waals surface area contributed by atoms with Gasteiger partial charge in [0.25, 0.3) is 0 Å². The van der Waals surface area contributed by atoms with E-state index in [1.807, 2.05) is 30.3 Å². The molecular weight excluding hydrogens is 264 g/mol. The summed E-state index contributed by atoms with van der Waals surface area (Å²) in [4.78, 5) is 15.2. The number of pyridine rings is 1. The number of hydrogen-bond donors (Lipinski definition) is 2. The van der Waals surface area contributed by atoms with Crippen molar-refractivity contribution in [3.05, 3.63) is 53.9 Å². The number of carboxylic acid groups (broad SMARTS) is 1. The van der Waals surface area contributed by atoms with Crippen molar-refractivity contribution in [1.82, 2.24) is 4.98 Å². The predicted molar refractivity (Wildman–Crippen MR) is 76.5 cm³/mol. The maximum absolute atomic E-state index is 10.9. The highest BCUT2D eigenvalue weighted by atomic mass is 35.5. The zero-order chi connectivity index (χ0) is 12.5. The molecule has 0 atom stereocenters. The summed E-state index contributed by atoms with van der Waals surface area (Å²) in [6.45, 7) is 0. The molecule has 2 aromatic rings. The third-order valence-electron chi connectivity index (χ3n) is 2.85. The molecule has 0 spiro atoms. The van der Waals surface area contributed by atoms with Gasteiger partial charge in [0.1, 0.15) is 0 Å². The van der Waals surface area contributed by atoms with E-state index in [1.54, 1.807) is 12.3 Å². The van der Waals surface area contributed by atoms with E-state index in [0.29, 0.717) is 0 Å². The number of benzene rings is 1. The molecule has 2 N–H and O–H groups in total. The normalized spacial score (nSPS) is 11.4. The molecule has 0 radical (unpaired) electrons. The van der Waals surface area contributed by atoms with Gasteiger partial charge in [-0.3, -0.25) is 4.98 Å². The van der Waals surface area contributed by atoms with Crippen molar-refractivity contribution >= 4 is 30.1 Å². The van der Waals surface area contributed by atoms with Crippen molar-refractivity contribution in [1.29, 1.82) is 0 Å². The van der Waals surface area contributed by atoms with Crippen molar-refractivity contribution in [3.8, 4) is 11.3 Å². The van der Waals surface area contributed by atoms with E-state index in [4.69, 9.17) is 5.11 Å². The first-order chi connectivity index (χ1) is 8.75. The van der Waals surface area contributed by atoms with Gasteiger partial charge in [0, 0.05) is 29.2 Å². The molecule has 0 bridgehead atoms. The summed E-state index contributed by atoms with van der Waals surface area (Å²) >= 11 is 0. The standard InChI is InChI=1S/C14H10N2O2.ClH/c17-14(18)10-7-9-5-6-15-12-4-2-1-3-11(12)13(9)16-8-10;/h1-8,15H,(H,17,18);1H. The largest absolute Gasteiger partial charge is 0.478 e. The zero-order valence-corrected chi connectivity index (χ0v) is 10.6. The molecule has 0 fully saturated rings. The lowest BCUT2D eigenvalue weighted by Crippen LogP contribution is -1.99. The number of fused-ring (bicyclic) bond motifs is 3. The minimum Gasteiger partial charge on any atom is -0.478 e. The molecule has 2 heterocycles. The Morgan fingerprint density at radius 3 is 2.84 bits per heavy atom. The lowest BCUT2D eigenvalue weighted by atomic mass is 10.0. The number of rotatable bonds is 1. The zero-order valence-electron chi connectivity index (χ0n) is 9.83. The Kier molecular flexibility index (Phi) is 3.53. The summed E-state index contributed by atoms with van der Waals surface area (Å²) in [7, 11) is 0. The number of aromatic nitrogens is 1. The quantitative estimate of drug-likeness (QED) is 0.838. The van der Waals surface area contributed by atoms with E-state index >= 15 is 0 Å². The average molecular weight is 275 g/mol. The Morgan fingerprint density at radius 2 is 2.05 bits per heavy atom. The monoisotopic (exact) mass is 274 g/mol. The number of carbonyl (C=O) groups is 1. The summed E-state index contributed by atoms with van der Waals surface area (Å²) in [6.07, 6.45) is 5.00. The molecule has 3 rings (SSSR count). The Labute approximate surface area is 116 Å². The first kappa shape index (κ1) is 13.1. The van der Waals surface area contributed by atoms with Crippen LogP contribution in [0.1, 0.15) is 15.9 Å². The molecule has 1 aromatic carbocycles. The van der Waals surface area contributed by atoms with E-state index < -0.39 is 5.97 Å². The summed E-state index contributed by atoms with van der Waals surface area (Å²) in [5, 5.41) is 12.1. The smallest absolute Gasteiger partial charge is 0.337 e. The molecule has 0 amide bonds. The van der Waals surface area contributed by atoms with E-state index in [0.717, 1.165) is 22.5 Å². The Bertz CT molecular complexity index is 668. The third-order valence-corrected chi connectivity index (χ3v) is 2.85. The molecule has 0 saturated heterocycles. The van der Waals surface area contributed by atoms with Crippen LogP contribution in [0.3, 0.4) is 0 Å². The van der Waals surface area contributed by atoms with Crippen molar-refractivity contribution in [2.24, 2.45) is 0 Å². The van der Waals surface area contributed by atoms with Gasteiger partial charge in [0.05, 0.1) is 11.3 Å². The number of nitrogens with zero attached hydrogens (tertiary/aromatic N) is 1. The van der Waals surface area contributed by atoms with Gasteiger partial charge in [-0.25, -0.2) is 4.79 Å². The first-order valence-corrected chi connectivity index (χ1v) is 5.51. The summed E-state index contributed by atoms with van der Waals surface area (Å²) < 4.78 is 0. The minimum atomic E-state index is -0.968. The predicted octanol–water partition coefficient (Wildman–Crippen LogP) is 3.26. The number of para-hydroxylation sites is 1. The fraction of sp³-hybridized carbons (Fsp3) is 0. The van der Waals surface area contributed by atoms with Crippen LogP contribution in [-0.4, -0.2) is 16.1 Å². The second-order valence-electron chi connectivity index (χ2n) is 3.99. The van der Waals surface area contributed by atoms with Crippen LogP contribution in [0.25, 0.3) is 17.3 Å². The molecule has 0 saturated carbocycles. The van der Waals surface area contributed by atoms with Crippen LogP contribution in [0.4, 0.5) is 5.69 Å². The molecule has 0 aliphatic carbocycles. The highest BCUT2D eigenvalue weighted by Gasteiger charge is 2.14. The fourth-order valence-corrected chi connectivity index (χ4v) is 1.99.